The molecule has 6 heteroatoms. The van der Waals surface area contributed by atoms with Crippen LogP contribution in [0.15, 0.2) is 30.3 Å². The number of carbonyl (C=O) groups is 1. The van der Waals surface area contributed by atoms with E-state index in [1.54, 1.807) is 18.2 Å². The second kappa shape index (κ2) is 6.06. The van der Waals surface area contributed by atoms with E-state index in [1.807, 2.05) is 0 Å². The van der Waals surface area contributed by atoms with Crippen molar-refractivity contribution < 1.29 is 27.8 Å². The van der Waals surface area contributed by atoms with Crippen LogP contribution in [-0.4, -0.2) is 29.5 Å². The molecule has 0 amide bonds. The number of hydrogen-bond acceptors (Lipinski definition) is 3. The van der Waals surface area contributed by atoms with Crippen LogP contribution in [0.5, 0.6) is 0 Å². The SMILES string of the molecule is CC(O)(CCOC(=O)c1ccccc1)CC(F)(F)F. The Morgan fingerprint density at radius 2 is 1.84 bits per heavy atom. The van der Waals surface area contributed by atoms with Gasteiger partial charge in [-0.3, -0.25) is 0 Å². The molecule has 1 aromatic carbocycles. The zero-order chi connectivity index (χ0) is 14.5. The smallest absolute Gasteiger partial charge is 0.391 e. The number of alkyl halides is 3. The zero-order valence-corrected chi connectivity index (χ0v) is 10.4. The minimum atomic E-state index is -4.45. The lowest BCUT2D eigenvalue weighted by molar-refractivity contribution is -0.174. The van der Waals surface area contributed by atoms with Gasteiger partial charge in [-0.05, 0) is 19.1 Å². The van der Waals surface area contributed by atoms with E-state index in [1.165, 1.54) is 12.1 Å². The van der Waals surface area contributed by atoms with Crippen LogP contribution in [0.3, 0.4) is 0 Å². The third-order valence-corrected chi connectivity index (χ3v) is 2.46. The maximum absolute atomic E-state index is 12.1. The number of carbonyl (C=O) groups excluding carboxylic acids is 1. The highest BCUT2D eigenvalue weighted by atomic mass is 19.4. The average Bonchev–Trinajstić information content (AvgIpc) is 2.26. The molecule has 19 heavy (non-hydrogen) atoms. The monoisotopic (exact) mass is 276 g/mol. The highest BCUT2D eigenvalue weighted by molar-refractivity contribution is 5.89. The molecule has 0 heterocycles. The minimum Gasteiger partial charge on any atom is -0.462 e. The first kappa shape index (κ1) is 15.5. The Labute approximate surface area is 109 Å². The maximum atomic E-state index is 12.1. The maximum Gasteiger partial charge on any atom is 0.391 e. The molecule has 0 aliphatic carbocycles. The van der Waals surface area contributed by atoms with Gasteiger partial charge in [-0.2, -0.15) is 13.2 Å². The van der Waals surface area contributed by atoms with E-state index in [-0.39, 0.29) is 13.0 Å². The number of hydrogen-bond donors (Lipinski definition) is 1. The van der Waals surface area contributed by atoms with E-state index in [4.69, 9.17) is 4.74 Å². The van der Waals surface area contributed by atoms with Gasteiger partial charge in [-0.25, -0.2) is 4.79 Å². The van der Waals surface area contributed by atoms with Crippen molar-refractivity contribution in [1.29, 1.82) is 0 Å². The van der Waals surface area contributed by atoms with Crippen molar-refractivity contribution in [3.05, 3.63) is 35.9 Å². The predicted molar refractivity (Wildman–Crippen MR) is 62.6 cm³/mol. The highest BCUT2D eigenvalue weighted by Gasteiger charge is 2.38. The van der Waals surface area contributed by atoms with Gasteiger partial charge in [0, 0.05) is 6.42 Å². The molecule has 1 atom stereocenters. The molecular formula is C13H15F3O3. The Morgan fingerprint density at radius 1 is 1.26 bits per heavy atom. The summed E-state index contributed by atoms with van der Waals surface area (Å²) in [6, 6.07) is 8.10. The molecule has 0 aromatic heterocycles. The number of aliphatic hydroxyl groups is 1. The fraction of sp³-hybridized carbons (Fsp3) is 0.462. The fourth-order valence-electron chi connectivity index (χ4n) is 1.54. The van der Waals surface area contributed by atoms with Gasteiger partial charge < -0.3 is 9.84 Å². The van der Waals surface area contributed by atoms with Crippen molar-refractivity contribution in [1.82, 2.24) is 0 Å². The first-order valence-corrected chi connectivity index (χ1v) is 5.71. The van der Waals surface area contributed by atoms with Gasteiger partial charge in [0.1, 0.15) is 0 Å². The fourth-order valence-corrected chi connectivity index (χ4v) is 1.54. The van der Waals surface area contributed by atoms with Crippen LogP contribution in [0.25, 0.3) is 0 Å². The van der Waals surface area contributed by atoms with Crippen LogP contribution >= 0.6 is 0 Å². The summed E-state index contributed by atoms with van der Waals surface area (Å²) in [5.41, 5.74) is -1.62. The van der Waals surface area contributed by atoms with Gasteiger partial charge >= 0.3 is 12.1 Å². The van der Waals surface area contributed by atoms with Crippen molar-refractivity contribution in [2.75, 3.05) is 6.61 Å². The molecule has 1 rings (SSSR count). The van der Waals surface area contributed by atoms with Crippen LogP contribution in [-0.2, 0) is 4.74 Å². The quantitative estimate of drug-likeness (QED) is 0.841. The molecular weight excluding hydrogens is 261 g/mol. The van der Waals surface area contributed by atoms with Gasteiger partial charge in [0.2, 0.25) is 0 Å². The van der Waals surface area contributed by atoms with E-state index in [0.717, 1.165) is 6.92 Å². The topological polar surface area (TPSA) is 46.5 Å². The lowest BCUT2D eigenvalue weighted by Crippen LogP contribution is -2.33. The Morgan fingerprint density at radius 3 is 2.37 bits per heavy atom. The average molecular weight is 276 g/mol. The van der Waals surface area contributed by atoms with Crippen LogP contribution in [0.1, 0.15) is 30.1 Å². The first-order valence-electron chi connectivity index (χ1n) is 5.71. The van der Waals surface area contributed by atoms with Crippen LogP contribution < -0.4 is 0 Å². The van der Waals surface area contributed by atoms with Crippen LogP contribution in [0.2, 0.25) is 0 Å². The Bertz CT molecular complexity index is 413. The molecule has 0 aliphatic heterocycles. The van der Waals surface area contributed by atoms with Crippen LogP contribution in [0.4, 0.5) is 13.2 Å². The van der Waals surface area contributed by atoms with Crippen molar-refractivity contribution >= 4 is 5.97 Å². The van der Waals surface area contributed by atoms with Crippen molar-refractivity contribution in [2.24, 2.45) is 0 Å². The molecule has 3 nitrogen and oxygen atoms in total. The number of rotatable bonds is 5. The molecule has 0 saturated heterocycles. The second-order valence-electron chi connectivity index (χ2n) is 4.54. The molecule has 1 aromatic rings. The van der Waals surface area contributed by atoms with E-state index in [0.29, 0.717) is 5.56 Å². The summed E-state index contributed by atoms with van der Waals surface area (Å²) in [6.45, 7) is 0.799. The first-order chi connectivity index (χ1) is 8.70. The summed E-state index contributed by atoms with van der Waals surface area (Å²) in [5.74, 6) is -0.622. The van der Waals surface area contributed by atoms with Gasteiger partial charge in [0.25, 0.3) is 0 Å². The summed E-state index contributed by atoms with van der Waals surface area (Å²) in [4.78, 5) is 11.5. The van der Waals surface area contributed by atoms with Gasteiger partial charge in [-0.15, -0.1) is 0 Å². The molecule has 1 unspecified atom stereocenters. The zero-order valence-electron chi connectivity index (χ0n) is 10.4. The molecule has 106 valence electrons. The normalized spacial score (nSPS) is 14.8. The predicted octanol–water partition coefficient (Wildman–Crippen LogP) is 2.94. The van der Waals surface area contributed by atoms with Crippen LogP contribution in [0, 0.1) is 0 Å². The van der Waals surface area contributed by atoms with E-state index in [2.05, 4.69) is 0 Å². The highest BCUT2D eigenvalue weighted by Crippen LogP contribution is 2.29. The molecule has 0 bridgehead atoms. The largest absolute Gasteiger partial charge is 0.462 e. The summed E-state index contributed by atoms with van der Waals surface area (Å²) in [5, 5.41) is 9.52. The summed E-state index contributed by atoms with van der Waals surface area (Å²) >= 11 is 0. The third kappa shape index (κ3) is 6.24. The van der Waals surface area contributed by atoms with E-state index < -0.39 is 24.2 Å². The Kier molecular flexibility index (Phi) is 4.94. The molecule has 0 radical (unpaired) electrons. The standard InChI is InChI=1S/C13H15F3O3/c1-12(18,9-13(14,15)16)7-8-19-11(17)10-5-3-2-4-6-10/h2-6,18H,7-9H2,1H3. The molecule has 0 fully saturated rings. The van der Waals surface area contributed by atoms with Gasteiger partial charge in [0.05, 0.1) is 24.2 Å². The lowest BCUT2D eigenvalue weighted by Gasteiger charge is -2.24. The number of ether oxygens (including phenoxy) is 1. The molecule has 0 saturated carbocycles. The number of esters is 1. The Balaban J connectivity index is 2.40. The summed E-state index contributed by atoms with van der Waals surface area (Å²) in [7, 11) is 0. The minimum absolute atomic E-state index is 0.267. The van der Waals surface area contributed by atoms with E-state index >= 15 is 0 Å². The third-order valence-electron chi connectivity index (χ3n) is 2.46. The molecule has 0 spiro atoms. The van der Waals surface area contributed by atoms with Crippen molar-refractivity contribution in [2.45, 2.75) is 31.5 Å². The number of halogens is 3. The van der Waals surface area contributed by atoms with Crippen molar-refractivity contribution in [3.8, 4) is 0 Å². The van der Waals surface area contributed by atoms with Crippen molar-refractivity contribution in [3.63, 3.8) is 0 Å². The van der Waals surface area contributed by atoms with E-state index in [9.17, 15) is 23.1 Å². The second-order valence-corrected chi connectivity index (χ2v) is 4.54. The van der Waals surface area contributed by atoms with Gasteiger partial charge in [0.15, 0.2) is 0 Å². The summed E-state index contributed by atoms with van der Waals surface area (Å²) in [6.07, 6.45) is -6.05. The Hall–Kier alpha value is -1.56. The number of benzene rings is 1. The van der Waals surface area contributed by atoms with Gasteiger partial charge in [-0.1, -0.05) is 18.2 Å². The molecule has 0 aliphatic rings. The lowest BCUT2D eigenvalue weighted by atomic mass is 9.98. The molecule has 1 N–H and O–H groups in total. The summed E-state index contributed by atoms with van der Waals surface area (Å²) < 4.78 is 41.2.